The fraction of sp³-hybridized carbons (Fsp3) is 0.214. The Kier molecular flexibility index (Phi) is 3.28. The molecule has 0 bridgehead atoms. The second-order valence-corrected chi connectivity index (χ2v) is 4.65. The Labute approximate surface area is 120 Å². The Morgan fingerprint density at radius 2 is 2.05 bits per heavy atom. The highest BCUT2D eigenvalue weighted by Crippen LogP contribution is 2.18. The largest absolute Gasteiger partial charge is 0.508 e. The normalized spacial score (nSPS) is 26.8. The topological polar surface area (TPSA) is 104 Å². The highest BCUT2D eigenvalue weighted by molar-refractivity contribution is 6.48. The molecule has 0 fully saturated rings. The van der Waals surface area contributed by atoms with Gasteiger partial charge in [-0.25, -0.2) is 9.98 Å². The van der Waals surface area contributed by atoms with Crippen molar-refractivity contribution < 1.29 is 19.7 Å². The van der Waals surface area contributed by atoms with Gasteiger partial charge in [0.05, 0.1) is 0 Å². The highest BCUT2D eigenvalue weighted by Gasteiger charge is 2.32. The van der Waals surface area contributed by atoms with E-state index in [1.807, 2.05) is 0 Å². The summed E-state index contributed by atoms with van der Waals surface area (Å²) < 4.78 is 5.06. The first-order chi connectivity index (χ1) is 10.0. The summed E-state index contributed by atoms with van der Waals surface area (Å²) in [5.41, 5.74) is 1.37. The first-order valence-electron chi connectivity index (χ1n) is 6.35. The van der Waals surface area contributed by atoms with Crippen molar-refractivity contribution in [3.63, 3.8) is 0 Å². The Morgan fingerprint density at radius 3 is 2.67 bits per heavy atom. The average molecular weight is 287 g/mol. The number of ether oxygens (including phenoxy) is 1. The van der Waals surface area contributed by atoms with Crippen LogP contribution in [0.4, 0.5) is 0 Å². The van der Waals surface area contributed by atoms with Gasteiger partial charge in [0.15, 0.2) is 5.84 Å². The number of nitrogens with one attached hydrogen (secondary N) is 1. The standard InChI is InChI=1S/C14H13N3O4/c1-7-11(16-14(20)21-7)12-15-10(13(19)17-12)6-8-2-4-9(18)5-3-8/h2-7,14,18,20H,1H3,(H,15,17,19)/b10-6-/t7-,14+/m0/s1. The third kappa shape index (κ3) is 2.69. The number of nitrogens with zero attached hydrogens (tertiary/aromatic N) is 2. The first kappa shape index (κ1) is 13.5. The molecule has 2 atom stereocenters. The molecule has 7 nitrogen and oxygen atoms in total. The number of aliphatic hydroxyl groups excluding tert-OH is 1. The average Bonchev–Trinajstić information content (AvgIpc) is 2.95. The van der Waals surface area contributed by atoms with Gasteiger partial charge in [0, 0.05) is 0 Å². The summed E-state index contributed by atoms with van der Waals surface area (Å²) in [7, 11) is 0. The number of carbonyl (C=O) groups excluding carboxylic acids is 1. The zero-order valence-corrected chi connectivity index (χ0v) is 11.1. The van der Waals surface area contributed by atoms with Crippen LogP contribution in [-0.2, 0) is 9.53 Å². The predicted octanol–water partition coefficient (Wildman–Crippen LogP) is 0.397. The number of amidine groups is 1. The first-order valence-corrected chi connectivity index (χ1v) is 6.35. The summed E-state index contributed by atoms with van der Waals surface area (Å²) in [4.78, 5) is 20.0. The smallest absolute Gasteiger partial charge is 0.275 e. The maximum atomic E-state index is 11.9. The van der Waals surface area contributed by atoms with Crippen LogP contribution in [0.5, 0.6) is 5.75 Å². The number of amides is 1. The van der Waals surface area contributed by atoms with Gasteiger partial charge in [-0.15, -0.1) is 0 Å². The van der Waals surface area contributed by atoms with Crippen molar-refractivity contribution in [2.75, 3.05) is 0 Å². The molecular weight excluding hydrogens is 274 g/mol. The van der Waals surface area contributed by atoms with Crippen LogP contribution in [-0.4, -0.2) is 40.2 Å². The summed E-state index contributed by atoms with van der Waals surface area (Å²) in [6.45, 7) is 1.71. The van der Waals surface area contributed by atoms with Crippen LogP contribution >= 0.6 is 0 Å². The number of benzene rings is 1. The van der Waals surface area contributed by atoms with E-state index in [-0.39, 0.29) is 23.2 Å². The minimum absolute atomic E-state index is 0.150. The molecule has 0 spiro atoms. The molecule has 0 unspecified atom stereocenters. The Balaban J connectivity index is 1.89. The van der Waals surface area contributed by atoms with E-state index < -0.39 is 12.5 Å². The molecule has 108 valence electrons. The minimum Gasteiger partial charge on any atom is -0.508 e. The number of aliphatic imine (C=N–C) groups is 2. The molecule has 1 aromatic carbocycles. The number of hydrogen-bond acceptors (Lipinski definition) is 6. The summed E-state index contributed by atoms with van der Waals surface area (Å²) in [5, 5.41) is 21.1. The van der Waals surface area contributed by atoms with Gasteiger partial charge < -0.3 is 20.3 Å². The van der Waals surface area contributed by atoms with E-state index in [1.165, 1.54) is 12.1 Å². The number of phenolic OH excluding ortho intramolecular Hbond substituents is 1. The van der Waals surface area contributed by atoms with Crippen molar-refractivity contribution in [3.05, 3.63) is 35.5 Å². The molecule has 0 aliphatic carbocycles. The van der Waals surface area contributed by atoms with Crippen LogP contribution in [0.15, 0.2) is 39.9 Å². The van der Waals surface area contributed by atoms with Crippen molar-refractivity contribution in [1.82, 2.24) is 5.32 Å². The summed E-state index contributed by atoms with van der Waals surface area (Å²) in [6.07, 6.45) is -0.0639. The van der Waals surface area contributed by atoms with Crippen molar-refractivity contribution in [2.45, 2.75) is 19.4 Å². The summed E-state index contributed by atoms with van der Waals surface area (Å²) in [6, 6.07) is 6.39. The third-order valence-corrected chi connectivity index (χ3v) is 3.10. The van der Waals surface area contributed by atoms with E-state index in [0.717, 1.165) is 5.56 Å². The van der Waals surface area contributed by atoms with Crippen molar-refractivity contribution in [1.29, 1.82) is 0 Å². The molecule has 1 amide bonds. The van der Waals surface area contributed by atoms with E-state index in [4.69, 9.17) is 4.74 Å². The molecule has 0 saturated heterocycles. The second-order valence-electron chi connectivity index (χ2n) is 4.65. The summed E-state index contributed by atoms with van der Waals surface area (Å²) >= 11 is 0. The number of hydrogen-bond donors (Lipinski definition) is 3. The molecule has 2 heterocycles. The van der Waals surface area contributed by atoms with Gasteiger partial charge in [0.1, 0.15) is 23.3 Å². The third-order valence-electron chi connectivity index (χ3n) is 3.10. The van der Waals surface area contributed by atoms with E-state index in [1.54, 1.807) is 25.1 Å². The molecule has 0 radical (unpaired) electrons. The van der Waals surface area contributed by atoms with E-state index >= 15 is 0 Å². The van der Waals surface area contributed by atoms with Crippen LogP contribution in [0, 0.1) is 0 Å². The lowest BCUT2D eigenvalue weighted by Crippen LogP contribution is -2.35. The molecule has 0 aromatic heterocycles. The van der Waals surface area contributed by atoms with Crippen LogP contribution in [0.3, 0.4) is 0 Å². The van der Waals surface area contributed by atoms with Gasteiger partial charge in [0.25, 0.3) is 12.3 Å². The quantitative estimate of drug-likeness (QED) is 0.685. The molecule has 1 aromatic rings. The number of carbonyl (C=O) groups is 1. The Morgan fingerprint density at radius 1 is 1.33 bits per heavy atom. The van der Waals surface area contributed by atoms with Crippen LogP contribution in [0.1, 0.15) is 12.5 Å². The second kappa shape index (κ2) is 5.12. The Bertz CT molecular complexity index is 676. The zero-order valence-electron chi connectivity index (χ0n) is 11.1. The lowest BCUT2D eigenvalue weighted by molar-refractivity contribution is -0.115. The predicted molar refractivity (Wildman–Crippen MR) is 75.7 cm³/mol. The molecular formula is C14H13N3O4. The summed E-state index contributed by atoms with van der Waals surface area (Å²) in [5.74, 6) is 0.0842. The number of phenols is 1. The zero-order chi connectivity index (χ0) is 15.0. The van der Waals surface area contributed by atoms with Crippen molar-refractivity contribution in [2.24, 2.45) is 9.98 Å². The number of aromatic hydroxyl groups is 1. The van der Waals surface area contributed by atoms with E-state index in [2.05, 4.69) is 15.3 Å². The maximum Gasteiger partial charge on any atom is 0.275 e. The van der Waals surface area contributed by atoms with Gasteiger partial charge in [0.2, 0.25) is 0 Å². The van der Waals surface area contributed by atoms with Gasteiger partial charge in [-0.3, -0.25) is 4.79 Å². The minimum atomic E-state index is -1.22. The van der Waals surface area contributed by atoms with Crippen molar-refractivity contribution >= 4 is 23.5 Å². The van der Waals surface area contributed by atoms with Gasteiger partial charge in [-0.2, -0.15) is 0 Å². The lowest BCUT2D eigenvalue weighted by atomic mass is 10.2. The van der Waals surface area contributed by atoms with E-state index in [9.17, 15) is 15.0 Å². The molecule has 2 aliphatic rings. The van der Waals surface area contributed by atoms with Crippen LogP contribution in [0.2, 0.25) is 0 Å². The van der Waals surface area contributed by atoms with Gasteiger partial charge >= 0.3 is 0 Å². The van der Waals surface area contributed by atoms with E-state index in [0.29, 0.717) is 5.71 Å². The SMILES string of the molecule is C[C@@H]1O[C@@H](O)N=C1C1=N/C(=C\c2ccc(O)cc2)C(=O)N1. The van der Waals surface area contributed by atoms with Gasteiger partial charge in [-0.05, 0) is 30.7 Å². The van der Waals surface area contributed by atoms with Gasteiger partial charge in [-0.1, -0.05) is 12.1 Å². The lowest BCUT2D eigenvalue weighted by Gasteiger charge is -2.05. The molecule has 2 aliphatic heterocycles. The molecule has 7 heteroatoms. The molecule has 0 saturated carbocycles. The molecule has 3 rings (SSSR count). The number of aliphatic hydroxyl groups is 1. The monoisotopic (exact) mass is 287 g/mol. The van der Waals surface area contributed by atoms with Crippen LogP contribution < -0.4 is 5.32 Å². The molecule has 21 heavy (non-hydrogen) atoms. The molecule has 3 N–H and O–H groups in total. The van der Waals surface area contributed by atoms with Crippen LogP contribution in [0.25, 0.3) is 6.08 Å². The fourth-order valence-corrected chi connectivity index (χ4v) is 2.07. The van der Waals surface area contributed by atoms with Crippen molar-refractivity contribution in [3.8, 4) is 5.75 Å². The fourth-order valence-electron chi connectivity index (χ4n) is 2.07. The Hall–Kier alpha value is -2.51. The highest BCUT2D eigenvalue weighted by atomic mass is 16.6. The maximum absolute atomic E-state index is 11.9. The number of rotatable bonds is 2.